The third-order valence-corrected chi connectivity index (χ3v) is 5.16. The van der Waals surface area contributed by atoms with Gasteiger partial charge in [0.1, 0.15) is 5.82 Å². The van der Waals surface area contributed by atoms with Gasteiger partial charge in [0, 0.05) is 6.54 Å². The summed E-state index contributed by atoms with van der Waals surface area (Å²) in [5, 5.41) is 0. The van der Waals surface area contributed by atoms with Gasteiger partial charge >= 0.3 is 0 Å². The summed E-state index contributed by atoms with van der Waals surface area (Å²) >= 11 is 0. The number of benzene rings is 1. The normalized spacial score (nSPS) is 23.7. The van der Waals surface area contributed by atoms with Gasteiger partial charge in [0.25, 0.3) is 0 Å². The van der Waals surface area contributed by atoms with Gasteiger partial charge in [0.05, 0.1) is 18.6 Å². The molecule has 2 aliphatic rings. The van der Waals surface area contributed by atoms with E-state index in [1.54, 1.807) is 11.0 Å². The van der Waals surface area contributed by atoms with Crippen LogP contribution in [0.25, 0.3) is 0 Å². The lowest BCUT2D eigenvalue weighted by Gasteiger charge is -2.42. The second kappa shape index (κ2) is 6.89. The van der Waals surface area contributed by atoms with E-state index < -0.39 is 17.4 Å². The number of ether oxygens (including phenoxy) is 1. The topological polar surface area (TPSA) is 72.6 Å². The van der Waals surface area contributed by atoms with E-state index in [2.05, 4.69) is 0 Å². The number of halogens is 1. The first kappa shape index (κ1) is 16.9. The predicted octanol–water partition coefficient (Wildman–Crippen LogP) is 1.74. The molecule has 24 heavy (non-hydrogen) atoms. The molecule has 1 saturated carbocycles. The molecule has 1 saturated heterocycles. The fraction of sp³-hybridized carbons (Fsp3) is 0.556. The summed E-state index contributed by atoms with van der Waals surface area (Å²) in [7, 11) is 0. The molecule has 2 fully saturated rings. The van der Waals surface area contributed by atoms with Gasteiger partial charge < -0.3 is 15.4 Å². The van der Waals surface area contributed by atoms with Gasteiger partial charge in [-0.15, -0.1) is 0 Å². The number of morpholine rings is 1. The van der Waals surface area contributed by atoms with Gasteiger partial charge in [0.2, 0.25) is 11.8 Å². The van der Waals surface area contributed by atoms with Gasteiger partial charge in [-0.25, -0.2) is 4.39 Å². The van der Waals surface area contributed by atoms with E-state index in [9.17, 15) is 14.0 Å². The SMILES string of the molecule is NC(=O)C1CN(C(=O)C2(c3cccc(F)c3)CCCCC2)CCO1. The second-order valence-electron chi connectivity index (χ2n) is 6.67. The third kappa shape index (κ3) is 3.15. The molecule has 0 aromatic heterocycles. The highest BCUT2D eigenvalue weighted by molar-refractivity contribution is 5.89. The number of hydrogen-bond donors (Lipinski definition) is 1. The van der Waals surface area contributed by atoms with Crippen LogP contribution in [0, 0.1) is 5.82 Å². The average molecular weight is 334 g/mol. The summed E-state index contributed by atoms with van der Waals surface area (Å²) in [6, 6.07) is 6.34. The molecule has 0 spiro atoms. The highest BCUT2D eigenvalue weighted by Gasteiger charge is 2.45. The Kier molecular flexibility index (Phi) is 4.85. The van der Waals surface area contributed by atoms with E-state index in [-0.39, 0.29) is 18.3 Å². The first-order valence-corrected chi connectivity index (χ1v) is 8.49. The number of hydrogen-bond acceptors (Lipinski definition) is 3. The largest absolute Gasteiger partial charge is 0.367 e. The van der Waals surface area contributed by atoms with Crippen LogP contribution in [0.2, 0.25) is 0 Å². The minimum Gasteiger partial charge on any atom is -0.367 e. The van der Waals surface area contributed by atoms with Crippen molar-refractivity contribution in [1.29, 1.82) is 0 Å². The Hall–Kier alpha value is -1.95. The number of rotatable bonds is 3. The van der Waals surface area contributed by atoms with Crippen molar-refractivity contribution < 1.29 is 18.7 Å². The van der Waals surface area contributed by atoms with Gasteiger partial charge in [0.15, 0.2) is 6.10 Å². The monoisotopic (exact) mass is 334 g/mol. The summed E-state index contributed by atoms with van der Waals surface area (Å²) in [5.74, 6) is -0.930. The first-order valence-electron chi connectivity index (χ1n) is 8.49. The van der Waals surface area contributed by atoms with Crippen LogP contribution in [0.1, 0.15) is 37.7 Å². The third-order valence-electron chi connectivity index (χ3n) is 5.16. The minimum absolute atomic E-state index is 0.0395. The maximum atomic E-state index is 13.8. The van der Waals surface area contributed by atoms with E-state index in [1.165, 1.54) is 12.1 Å². The molecule has 1 aromatic rings. The van der Waals surface area contributed by atoms with Crippen molar-refractivity contribution in [2.24, 2.45) is 5.73 Å². The Labute approximate surface area is 141 Å². The van der Waals surface area contributed by atoms with Crippen molar-refractivity contribution in [2.75, 3.05) is 19.7 Å². The molecule has 1 unspecified atom stereocenters. The molecule has 6 heteroatoms. The van der Waals surface area contributed by atoms with Crippen molar-refractivity contribution in [3.8, 4) is 0 Å². The van der Waals surface area contributed by atoms with E-state index in [1.807, 2.05) is 6.07 Å². The lowest BCUT2D eigenvalue weighted by Crippen LogP contribution is -2.56. The molecule has 1 atom stereocenters. The Balaban J connectivity index is 1.91. The van der Waals surface area contributed by atoms with Crippen molar-refractivity contribution in [3.63, 3.8) is 0 Å². The summed E-state index contributed by atoms with van der Waals surface area (Å²) in [6.07, 6.45) is 3.59. The number of nitrogens with two attached hydrogens (primary N) is 1. The first-order chi connectivity index (χ1) is 11.5. The summed E-state index contributed by atoms with van der Waals surface area (Å²) < 4.78 is 19.1. The van der Waals surface area contributed by atoms with Gasteiger partial charge in [-0.2, -0.15) is 0 Å². The summed E-state index contributed by atoms with van der Waals surface area (Å²) in [4.78, 5) is 26.4. The van der Waals surface area contributed by atoms with Crippen molar-refractivity contribution in [3.05, 3.63) is 35.6 Å². The molecule has 5 nitrogen and oxygen atoms in total. The highest BCUT2D eigenvalue weighted by Crippen LogP contribution is 2.41. The van der Waals surface area contributed by atoms with Gasteiger partial charge in [-0.3, -0.25) is 9.59 Å². The fourth-order valence-electron chi connectivity index (χ4n) is 3.88. The lowest BCUT2D eigenvalue weighted by molar-refractivity contribution is -0.150. The van der Waals surface area contributed by atoms with Crippen LogP contribution in [0.5, 0.6) is 0 Å². The Morgan fingerprint density at radius 2 is 2.00 bits per heavy atom. The Bertz CT molecular complexity index is 628. The van der Waals surface area contributed by atoms with E-state index >= 15 is 0 Å². The molecular formula is C18H23FN2O3. The van der Waals surface area contributed by atoms with Crippen LogP contribution in [-0.4, -0.2) is 42.5 Å². The molecule has 130 valence electrons. The fourth-order valence-corrected chi connectivity index (χ4v) is 3.88. The van der Waals surface area contributed by atoms with E-state index in [4.69, 9.17) is 10.5 Å². The van der Waals surface area contributed by atoms with Crippen LogP contribution in [-0.2, 0) is 19.7 Å². The van der Waals surface area contributed by atoms with Crippen LogP contribution in [0.4, 0.5) is 4.39 Å². The molecule has 2 amide bonds. The quantitative estimate of drug-likeness (QED) is 0.915. The zero-order valence-electron chi connectivity index (χ0n) is 13.7. The van der Waals surface area contributed by atoms with Crippen LogP contribution in [0.15, 0.2) is 24.3 Å². The summed E-state index contributed by atoms with van der Waals surface area (Å²) in [5.41, 5.74) is 5.34. The van der Waals surface area contributed by atoms with E-state index in [0.29, 0.717) is 26.0 Å². The van der Waals surface area contributed by atoms with Crippen molar-refractivity contribution in [1.82, 2.24) is 4.90 Å². The smallest absolute Gasteiger partial charge is 0.248 e. The molecule has 1 aliphatic carbocycles. The lowest BCUT2D eigenvalue weighted by atomic mass is 9.68. The molecule has 1 heterocycles. The number of carbonyl (C=O) groups is 2. The minimum atomic E-state index is -0.768. The van der Waals surface area contributed by atoms with Crippen LogP contribution >= 0.6 is 0 Å². The molecular weight excluding hydrogens is 311 g/mol. The molecule has 2 N–H and O–H groups in total. The molecule has 0 radical (unpaired) electrons. The molecule has 1 aliphatic heterocycles. The second-order valence-corrected chi connectivity index (χ2v) is 6.67. The van der Waals surface area contributed by atoms with Gasteiger partial charge in [-0.05, 0) is 30.5 Å². The Morgan fingerprint density at radius 3 is 2.67 bits per heavy atom. The number of amides is 2. The predicted molar refractivity (Wildman–Crippen MR) is 86.7 cm³/mol. The number of nitrogens with zero attached hydrogens (tertiary/aromatic N) is 1. The number of carbonyl (C=O) groups excluding carboxylic acids is 2. The standard InChI is InChI=1S/C18H23FN2O3/c19-14-6-4-5-13(11-14)18(7-2-1-3-8-18)17(23)21-9-10-24-15(12-21)16(20)22/h4-6,11,15H,1-3,7-10,12H2,(H2,20,22). The number of primary amides is 1. The summed E-state index contributed by atoms with van der Waals surface area (Å²) in [6.45, 7) is 0.892. The average Bonchev–Trinajstić information content (AvgIpc) is 2.61. The molecule has 1 aromatic carbocycles. The van der Waals surface area contributed by atoms with Crippen LogP contribution < -0.4 is 5.73 Å². The van der Waals surface area contributed by atoms with Crippen molar-refractivity contribution >= 4 is 11.8 Å². The van der Waals surface area contributed by atoms with E-state index in [0.717, 1.165) is 24.8 Å². The zero-order chi connectivity index (χ0) is 17.2. The maximum Gasteiger partial charge on any atom is 0.248 e. The highest BCUT2D eigenvalue weighted by atomic mass is 19.1. The zero-order valence-corrected chi connectivity index (χ0v) is 13.7. The van der Waals surface area contributed by atoms with Crippen LogP contribution in [0.3, 0.4) is 0 Å². The van der Waals surface area contributed by atoms with Crippen molar-refractivity contribution in [2.45, 2.75) is 43.6 Å². The molecule has 0 bridgehead atoms. The maximum absolute atomic E-state index is 13.8. The Morgan fingerprint density at radius 1 is 1.25 bits per heavy atom. The molecule has 3 rings (SSSR count). The van der Waals surface area contributed by atoms with Gasteiger partial charge in [-0.1, -0.05) is 31.4 Å².